The zero-order valence-corrected chi connectivity index (χ0v) is 13.3. The van der Waals surface area contributed by atoms with Crippen molar-refractivity contribution in [2.45, 2.75) is 33.7 Å². The number of rotatable bonds is 6. The van der Waals surface area contributed by atoms with E-state index in [0.717, 1.165) is 0 Å². The lowest BCUT2D eigenvalue weighted by Gasteiger charge is -2.21. The summed E-state index contributed by atoms with van der Waals surface area (Å²) in [6, 6.07) is 4.56. The number of amides is 2. The minimum atomic E-state index is -0.565. The number of hydrogen-bond donors (Lipinski definition) is 1. The normalized spacial score (nSPS) is 10.4. The summed E-state index contributed by atoms with van der Waals surface area (Å²) in [4.78, 5) is 36.2. The second-order valence-electron chi connectivity index (χ2n) is 5.27. The summed E-state index contributed by atoms with van der Waals surface area (Å²) in [5, 5.41) is 13.9. The molecule has 0 atom stereocenters. The fourth-order valence-electron chi connectivity index (χ4n) is 2.11. The van der Waals surface area contributed by atoms with Gasteiger partial charge in [0.1, 0.15) is 5.56 Å². The molecule has 0 aromatic heterocycles. The molecule has 0 bridgehead atoms. The van der Waals surface area contributed by atoms with Gasteiger partial charge < -0.3 is 10.2 Å². The van der Waals surface area contributed by atoms with E-state index >= 15 is 0 Å². The molecule has 0 aliphatic carbocycles. The Morgan fingerprint density at radius 1 is 1.36 bits per heavy atom. The highest BCUT2D eigenvalue weighted by molar-refractivity contribution is 6.00. The number of nitro groups is 1. The van der Waals surface area contributed by atoms with E-state index in [1.165, 1.54) is 11.0 Å². The highest BCUT2D eigenvalue weighted by Gasteiger charge is 2.26. The number of carbonyl (C=O) groups excluding carboxylic acids is 2. The standard InChI is InChI=1S/C15H21N3O4/c1-5-17(9-13(19)16-10(2)3)15(20)12-8-6-7-11(4)14(12)18(21)22/h6-8,10H,5,9H2,1-4H3,(H,16,19). The van der Waals surface area contributed by atoms with Crippen molar-refractivity contribution >= 4 is 17.5 Å². The summed E-state index contributed by atoms with van der Waals surface area (Å²) in [6.07, 6.45) is 0. The van der Waals surface area contributed by atoms with Crippen LogP contribution in [0, 0.1) is 17.0 Å². The predicted molar refractivity (Wildman–Crippen MR) is 82.7 cm³/mol. The van der Waals surface area contributed by atoms with Gasteiger partial charge in [-0.25, -0.2) is 0 Å². The van der Waals surface area contributed by atoms with E-state index in [4.69, 9.17) is 0 Å². The van der Waals surface area contributed by atoms with Gasteiger partial charge in [0.05, 0.1) is 11.5 Å². The van der Waals surface area contributed by atoms with Crippen LogP contribution < -0.4 is 5.32 Å². The minimum absolute atomic E-state index is 0.00389. The molecule has 7 heteroatoms. The zero-order valence-electron chi connectivity index (χ0n) is 13.3. The molecule has 2 amide bonds. The number of para-hydroxylation sites is 1. The molecule has 120 valence electrons. The van der Waals surface area contributed by atoms with Crippen molar-refractivity contribution in [1.82, 2.24) is 10.2 Å². The van der Waals surface area contributed by atoms with Crippen molar-refractivity contribution in [3.05, 3.63) is 39.4 Å². The van der Waals surface area contributed by atoms with Gasteiger partial charge in [0.25, 0.3) is 11.6 Å². The summed E-state index contributed by atoms with van der Waals surface area (Å²) in [5.41, 5.74) is 0.206. The third-order valence-corrected chi connectivity index (χ3v) is 3.10. The fourth-order valence-corrected chi connectivity index (χ4v) is 2.11. The van der Waals surface area contributed by atoms with Crippen LogP contribution in [-0.4, -0.2) is 40.8 Å². The number of aryl methyl sites for hydroxylation is 1. The first-order valence-corrected chi connectivity index (χ1v) is 7.10. The maximum atomic E-state index is 12.5. The van der Waals surface area contributed by atoms with Crippen molar-refractivity contribution in [3.8, 4) is 0 Å². The molecule has 0 spiro atoms. The molecule has 1 aromatic carbocycles. The number of nitrogens with zero attached hydrogens (tertiary/aromatic N) is 2. The second kappa shape index (κ2) is 7.53. The summed E-state index contributed by atoms with van der Waals surface area (Å²) >= 11 is 0. The van der Waals surface area contributed by atoms with Gasteiger partial charge >= 0.3 is 0 Å². The Balaban J connectivity index is 3.05. The lowest BCUT2D eigenvalue weighted by atomic mass is 10.1. The van der Waals surface area contributed by atoms with Crippen molar-refractivity contribution in [2.24, 2.45) is 0 Å². The van der Waals surface area contributed by atoms with Gasteiger partial charge in [-0.1, -0.05) is 12.1 Å². The SMILES string of the molecule is CCN(CC(=O)NC(C)C)C(=O)c1cccc(C)c1[N+](=O)[O-]. The minimum Gasteiger partial charge on any atom is -0.352 e. The molecule has 0 fully saturated rings. The van der Waals surface area contributed by atoms with Crippen molar-refractivity contribution < 1.29 is 14.5 Å². The molecule has 0 saturated heterocycles. The Hall–Kier alpha value is -2.44. The van der Waals surface area contributed by atoms with E-state index in [1.807, 2.05) is 13.8 Å². The Morgan fingerprint density at radius 2 is 2.00 bits per heavy atom. The van der Waals surface area contributed by atoms with E-state index in [-0.39, 0.29) is 36.3 Å². The Bertz CT molecular complexity index is 584. The van der Waals surface area contributed by atoms with Gasteiger partial charge in [0, 0.05) is 18.2 Å². The Labute approximate surface area is 129 Å². The molecule has 0 unspecified atom stereocenters. The molecular weight excluding hydrogens is 286 g/mol. The smallest absolute Gasteiger partial charge is 0.285 e. The van der Waals surface area contributed by atoms with Gasteiger partial charge in [-0.2, -0.15) is 0 Å². The van der Waals surface area contributed by atoms with Crippen LogP contribution in [0.25, 0.3) is 0 Å². The molecule has 0 aliphatic rings. The maximum absolute atomic E-state index is 12.5. The molecule has 22 heavy (non-hydrogen) atoms. The highest BCUT2D eigenvalue weighted by atomic mass is 16.6. The van der Waals surface area contributed by atoms with Gasteiger partial charge in [-0.3, -0.25) is 19.7 Å². The third-order valence-electron chi connectivity index (χ3n) is 3.10. The van der Waals surface area contributed by atoms with Crippen LogP contribution >= 0.6 is 0 Å². The maximum Gasteiger partial charge on any atom is 0.285 e. The van der Waals surface area contributed by atoms with Crippen LogP contribution in [0.1, 0.15) is 36.7 Å². The number of hydrogen-bond acceptors (Lipinski definition) is 4. The van der Waals surface area contributed by atoms with E-state index in [2.05, 4.69) is 5.32 Å². The van der Waals surface area contributed by atoms with Crippen LogP contribution in [0.3, 0.4) is 0 Å². The van der Waals surface area contributed by atoms with Gasteiger partial charge in [-0.05, 0) is 33.8 Å². The third kappa shape index (κ3) is 4.28. The fraction of sp³-hybridized carbons (Fsp3) is 0.467. The monoisotopic (exact) mass is 307 g/mol. The average Bonchev–Trinajstić information content (AvgIpc) is 2.42. The zero-order chi connectivity index (χ0) is 16.9. The first-order valence-electron chi connectivity index (χ1n) is 7.10. The molecule has 0 saturated carbocycles. The summed E-state index contributed by atoms with van der Waals surface area (Å²) in [7, 11) is 0. The Morgan fingerprint density at radius 3 is 2.50 bits per heavy atom. The van der Waals surface area contributed by atoms with Gasteiger partial charge in [0.15, 0.2) is 0 Å². The van der Waals surface area contributed by atoms with Crippen LogP contribution in [0.4, 0.5) is 5.69 Å². The van der Waals surface area contributed by atoms with E-state index < -0.39 is 10.8 Å². The second-order valence-corrected chi connectivity index (χ2v) is 5.27. The van der Waals surface area contributed by atoms with E-state index in [9.17, 15) is 19.7 Å². The van der Waals surface area contributed by atoms with Crippen LogP contribution in [-0.2, 0) is 4.79 Å². The van der Waals surface area contributed by atoms with Crippen molar-refractivity contribution in [3.63, 3.8) is 0 Å². The van der Waals surface area contributed by atoms with Crippen molar-refractivity contribution in [2.75, 3.05) is 13.1 Å². The number of carbonyl (C=O) groups is 2. The first kappa shape index (κ1) is 17.6. The molecule has 1 aromatic rings. The Kier molecular flexibility index (Phi) is 6.03. The quantitative estimate of drug-likeness (QED) is 0.641. The molecule has 1 N–H and O–H groups in total. The number of nitrogens with one attached hydrogen (secondary N) is 1. The molecule has 0 radical (unpaired) electrons. The molecular formula is C15H21N3O4. The van der Waals surface area contributed by atoms with Gasteiger partial charge in [-0.15, -0.1) is 0 Å². The topological polar surface area (TPSA) is 92.6 Å². The van der Waals surface area contributed by atoms with Crippen molar-refractivity contribution in [1.29, 1.82) is 0 Å². The van der Waals surface area contributed by atoms with Crippen LogP contribution in [0.5, 0.6) is 0 Å². The first-order chi connectivity index (χ1) is 10.3. The summed E-state index contributed by atoms with van der Waals surface area (Å²) in [6.45, 7) is 7.11. The molecule has 0 heterocycles. The lowest BCUT2D eigenvalue weighted by molar-refractivity contribution is -0.385. The summed E-state index contributed by atoms with van der Waals surface area (Å²) in [5.74, 6) is -0.808. The van der Waals surface area contributed by atoms with E-state index in [1.54, 1.807) is 26.0 Å². The number of benzene rings is 1. The molecule has 0 aliphatic heterocycles. The van der Waals surface area contributed by atoms with Gasteiger partial charge in [0.2, 0.25) is 5.91 Å². The molecule has 1 rings (SSSR count). The highest BCUT2D eigenvalue weighted by Crippen LogP contribution is 2.24. The van der Waals surface area contributed by atoms with Crippen LogP contribution in [0.2, 0.25) is 0 Å². The lowest BCUT2D eigenvalue weighted by Crippen LogP contribution is -2.42. The van der Waals surface area contributed by atoms with Crippen LogP contribution in [0.15, 0.2) is 18.2 Å². The number of nitro benzene ring substituents is 1. The summed E-state index contributed by atoms with van der Waals surface area (Å²) < 4.78 is 0. The molecule has 7 nitrogen and oxygen atoms in total. The predicted octanol–water partition coefficient (Wildman–Crippen LogP) is 1.89. The number of likely N-dealkylation sites (N-methyl/N-ethyl adjacent to an activating group) is 1. The largest absolute Gasteiger partial charge is 0.352 e. The van der Waals surface area contributed by atoms with E-state index in [0.29, 0.717) is 5.56 Å². The average molecular weight is 307 g/mol.